The van der Waals surface area contributed by atoms with Crippen LogP contribution in [0.1, 0.15) is 16.8 Å². The van der Waals surface area contributed by atoms with E-state index in [2.05, 4.69) is 10.2 Å². The van der Waals surface area contributed by atoms with E-state index in [0.29, 0.717) is 31.6 Å². The van der Waals surface area contributed by atoms with Crippen molar-refractivity contribution in [2.75, 3.05) is 37.6 Å². The van der Waals surface area contributed by atoms with Gasteiger partial charge in [0.2, 0.25) is 5.91 Å². The van der Waals surface area contributed by atoms with Crippen molar-refractivity contribution in [1.82, 2.24) is 10.2 Å². The molecule has 1 N–H and O–H groups in total. The number of amides is 2. The summed E-state index contributed by atoms with van der Waals surface area (Å²) in [4.78, 5) is 28.1. The van der Waals surface area contributed by atoms with Crippen molar-refractivity contribution < 1.29 is 14.0 Å². The van der Waals surface area contributed by atoms with Crippen LogP contribution >= 0.6 is 11.6 Å². The average molecular weight is 362 g/mol. The Morgan fingerprint density at radius 2 is 1.80 bits per heavy atom. The summed E-state index contributed by atoms with van der Waals surface area (Å²) in [6.45, 7) is 3.25. The molecule has 132 valence electrons. The molecule has 1 aromatic heterocycles. The maximum Gasteiger partial charge on any atom is 0.254 e. The van der Waals surface area contributed by atoms with E-state index >= 15 is 0 Å². The fraction of sp³-hybridized carbons (Fsp3) is 0.333. The molecule has 3 rings (SSSR count). The van der Waals surface area contributed by atoms with E-state index in [0.717, 1.165) is 23.8 Å². The minimum absolute atomic E-state index is 0.0586. The maximum atomic E-state index is 12.3. The molecule has 0 unspecified atom stereocenters. The molecule has 0 bridgehead atoms. The molecule has 1 aliphatic rings. The molecule has 2 amide bonds. The molecule has 7 heteroatoms. The van der Waals surface area contributed by atoms with Crippen LogP contribution in [0.5, 0.6) is 0 Å². The molecule has 0 aliphatic carbocycles. The highest BCUT2D eigenvalue weighted by atomic mass is 35.5. The van der Waals surface area contributed by atoms with Gasteiger partial charge in [-0.1, -0.05) is 11.6 Å². The molecule has 1 fully saturated rings. The van der Waals surface area contributed by atoms with Crippen molar-refractivity contribution in [1.29, 1.82) is 0 Å². The van der Waals surface area contributed by atoms with Gasteiger partial charge in [0.1, 0.15) is 6.26 Å². The lowest BCUT2D eigenvalue weighted by Gasteiger charge is -2.36. The van der Waals surface area contributed by atoms with Crippen molar-refractivity contribution in [2.45, 2.75) is 6.42 Å². The fourth-order valence-electron chi connectivity index (χ4n) is 2.80. The monoisotopic (exact) mass is 361 g/mol. The summed E-state index contributed by atoms with van der Waals surface area (Å²) in [5.74, 6) is -0.169. The second kappa shape index (κ2) is 8.07. The Kier molecular flexibility index (Phi) is 5.60. The van der Waals surface area contributed by atoms with Gasteiger partial charge in [-0.3, -0.25) is 9.59 Å². The van der Waals surface area contributed by atoms with Crippen LogP contribution in [0.3, 0.4) is 0 Å². The smallest absolute Gasteiger partial charge is 0.254 e. The second-order valence-corrected chi connectivity index (χ2v) is 6.30. The number of carbonyl (C=O) groups excluding carboxylic acids is 2. The van der Waals surface area contributed by atoms with Crippen LogP contribution in [0.25, 0.3) is 0 Å². The molecule has 0 spiro atoms. The van der Waals surface area contributed by atoms with Crippen LogP contribution in [0.4, 0.5) is 5.69 Å². The zero-order chi connectivity index (χ0) is 17.6. The summed E-state index contributed by atoms with van der Waals surface area (Å²) < 4.78 is 4.86. The van der Waals surface area contributed by atoms with Crippen LogP contribution in [0.2, 0.25) is 5.02 Å². The topological polar surface area (TPSA) is 65.8 Å². The number of anilines is 1. The quantitative estimate of drug-likeness (QED) is 0.888. The van der Waals surface area contributed by atoms with Crippen LogP contribution in [-0.4, -0.2) is 49.4 Å². The molecule has 0 atom stereocenters. The highest BCUT2D eigenvalue weighted by Gasteiger charge is 2.21. The van der Waals surface area contributed by atoms with Crippen molar-refractivity contribution in [3.05, 3.63) is 53.4 Å². The van der Waals surface area contributed by atoms with Crippen LogP contribution in [0, 0.1) is 0 Å². The Bertz CT molecular complexity index is 708. The first-order valence-electron chi connectivity index (χ1n) is 8.22. The van der Waals surface area contributed by atoms with Gasteiger partial charge in [0, 0.05) is 49.9 Å². The fourth-order valence-corrected chi connectivity index (χ4v) is 2.93. The molecular weight excluding hydrogens is 342 g/mol. The van der Waals surface area contributed by atoms with E-state index in [9.17, 15) is 9.59 Å². The van der Waals surface area contributed by atoms with Gasteiger partial charge in [-0.25, -0.2) is 0 Å². The summed E-state index contributed by atoms with van der Waals surface area (Å²) in [5.41, 5.74) is 1.58. The van der Waals surface area contributed by atoms with Crippen molar-refractivity contribution in [2.24, 2.45) is 0 Å². The maximum absolute atomic E-state index is 12.3. The highest BCUT2D eigenvalue weighted by molar-refractivity contribution is 6.30. The number of rotatable bonds is 5. The third kappa shape index (κ3) is 4.54. The van der Waals surface area contributed by atoms with Gasteiger partial charge in [-0.05, 0) is 30.3 Å². The number of hydrogen-bond acceptors (Lipinski definition) is 4. The number of furan rings is 1. The molecule has 0 radical (unpaired) electrons. The van der Waals surface area contributed by atoms with Gasteiger partial charge in [0.25, 0.3) is 5.91 Å². The molecule has 1 saturated heterocycles. The predicted octanol–water partition coefficient (Wildman–Crippen LogP) is 2.40. The molecule has 1 aliphatic heterocycles. The average Bonchev–Trinajstić information content (AvgIpc) is 3.17. The zero-order valence-electron chi connectivity index (χ0n) is 13.8. The Morgan fingerprint density at radius 1 is 1.08 bits per heavy atom. The molecule has 2 aromatic rings. The standard InChI is InChI=1S/C18H20ClN3O3/c19-15-1-3-16(4-2-15)21-8-10-22(11-9-21)17(23)5-7-20-18(24)14-6-12-25-13-14/h1-4,6,12-13H,5,7-11H2,(H,20,24). The first-order chi connectivity index (χ1) is 12.1. The molecular formula is C18H20ClN3O3. The number of piperazine rings is 1. The predicted molar refractivity (Wildman–Crippen MR) is 95.9 cm³/mol. The molecule has 0 saturated carbocycles. The second-order valence-electron chi connectivity index (χ2n) is 5.86. The number of nitrogens with zero attached hydrogens (tertiary/aromatic N) is 2. The van der Waals surface area contributed by atoms with E-state index in [-0.39, 0.29) is 11.8 Å². The summed E-state index contributed by atoms with van der Waals surface area (Å²) >= 11 is 5.91. The van der Waals surface area contributed by atoms with E-state index in [1.54, 1.807) is 6.07 Å². The number of carbonyl (C=O) groups is 2. The van der Waals surface area contributed by atoms with Gasteiger partial charge in [0.15, 0.2) is 0 Å². The van der Waals surface area contributed by atoms with E-state index in [4.69, 9.17) is 16.0 Å². The lowest BCUT2D eigenvalue weighted by Crippen LogP contribution is -2.49. The Morgan fingerprint density at radius 3 is 2.44 bits per heavy atom. The summed E-state index contributed by atoms with van der Waals surface area (Å²) in [6, 6.07) is 9.32. The molecule has 6 nitrogen and oxygen atoms in total. The zero-order valence-corrected chi connectivity index (χ0v) is 14.5. The van der Waals surface area contributed by atoms with Gasteiger partial charge < -0.3 is 19.5 Å². The Balaban J connectivity index is 1.41. The van der Waals surface area contributed by atoms with Crippen LogP contribution in [0.15, 0.2) is 47.3 Å². The normalized spacial score (nSPS) is 14.4. The van der Waals surface area contributed by atoms with E-state index in [1.807, 2.05) is 29.2 Å². The molecule has 1 aromatic carbocycles. The highest BCUT2D eigenvalue weighted by Crippen LogP contribution is 2.19. The summed E-state index contributed by atoms with van der Waals surface area (Å²) in [6.07, 6.45) is 3.12. The first kappa shape index (κ1) is 17.4. The van der Waals surface area contributed by atoms with Crippen molar-refractivity contribution in [3.63, 3.8) is 0 Å². The Hall–Kier alpha value is -2.47. The van der Waals surface area contributed by atoms with Gasteiger partial charge >= 0.3 is 0 Å². The summed E-state index contributed by atoms with van der Waals surface area (Å²) in [5, 5.41) is 3.44. The minimum Gasteiger partial charge on any atom is -0.472 e. The van der Waals surface area contributed by atoms with Crippen molar-refractivity contribution >= 4 is 29.1 Å². The first-order valence-corrected chi connectivity index (χ1v) is 8.60. The number of halogens is 1. The van der Waals surface area contributed by atoms with Crippen molar-refractivity contribution in [3.8, 4) is 0 Å². The molecule has 2 heterocycles. The van der Waals surface area contributed by atoms with Crippen LogP contribution in [-0.2, 0) is 4.79 Å². The lowest BCUT2D eigenvalue weighted by atomic mass is 10.2. The van der Waals surface area contributed by atoms with E-state index < -0.39 is 0 Å². The van der Waals surface area contributed by atoms with E-state index in [1.165, 1.54) is 12.5 Å². The van der Waals surface area contributed by atoms with Gasteiger partial charge in [-0.2, -0.15) is 0 Å². The number of benzene rings is 1. The lowest BCUT2D eigenvalue weighted by molar-refractivity contribution is -0.131. The van der Waals surface area contributed by atoms with Gasteiger partial charge in [-0.15, -0.1) is 0 Å². The Labute approximate surface area is 151 Å². The number of hydrogen-bond donors (Lipinski definition) is 1. The number of nitrogens with one attached hydrogen (secondary N) is 1. The summed E-state index contributed by atoms with van der Waals surface area (Å²) in [7, 11) is 0. The minimum atomic E-state index is -0.228. The SMILES string of the molecule is O=C(NCCC(=O)N1CCN(c2ccc(Cl)cc2)CC1)c1ccoc1. The third-order valence-electron chi connectivity index (χ3n) is 4.23. The largest absolute Gasteiger partial charge is 0.472 e. The van der Waals surface area contributed by atoms with Crippen LogP contribution < -0.4 is 10.2 Å². The molecule has 25 heavy (non-hydrogen) atoms. The third-order valence-corrected chi connectivity index (χ3v) is 4.48. The van der Waals surface area contributed by atoms with Gasteiger partial charge in [0.05, 0.1) is 11.8 Å².